The number of esters is 1. The van der Waals surface area contributed by atoms with E-state index >= 15 is 0 Å². The van der Waals surface area contributed by atoms with Gasteiger partial charge in [0.2, 0.25) is 0 Å². The molecule has 5 nitrogen and oxygen atoms in total. The summed E-state index contributed by atoms with van der Waals surface area (Å²) < 4.78 is 10.5. The van der Waals surface area contributed by atoms with E-state index in [1.165, 1.54) is 7.11 Å². The van der Waals surface area contributed by atoms with E-state index in [1.54, 1.807) is 54.6 Å². The SMILES string of the molecule is COc1ccccc1C(=O)N/C(=C\c1ccc(Cl)cc1)C(=O)OCC(C)C. The average Bonchev–Trinajstić information content (AvgIpc) is 2.67. The van der Waals surface area contributed by atoms with Crippen LogP contribution in [0, 0.1) is 5.92 Å². The van der Waals surface area contributed by atoms with E-state index in [2.05, 4.69) is 5.32 Å². The predicted octanol–water partition coefficient (Wildman–Crippen LogP) is 4.32. The molecule has 1 N–H and O–H groups in total. The van der Waals surface area contributed by atoms with Crippen LogP contribution in [0.3, 0.4) is 0 Å². The van der Waals surface area contributed by atoms with Crippen molar-refractivity contribution in [1.29, 1.82) is 0 Å². The lowest BCUT2D eigenvalue weighted by Gasteiger charge is -2.13. The zero-order chi connectivity index (χ0) is 19.8. The molecule has 0 aliphatic rings. The number of methoxy groups -OCH3 is 1. The number of para-hydroxylation sites is 1. The molecule has 0 fully saturated rings. The van der Waals surface area contributed by atoms with Crippen LogP contribution in [-0.4, -0.2) is 25.6 Å². The maximum atomic E-state index is 12.7. The summed E-state index contributed by atoms with van der Waals surface area (Å²) in [7, 11) is 1.48. The van der Waals surface area contributed by atoms with Crippen LogP contribution in [0.1, 0.15) is 29.8 Å². The summed E-state index contributed by atoms with van der Waals surface area (Å²) in [6.45, 7) is 4.12. The lowest BCUT2D eigenvalue weighted by atomic mass is 10.1. The number of carbonyl (C=O) groups is 2. The Bertz CT molecular complexity index is 828. The summed E-state index contributed by atoms with van der Waals surface area (Å²) in [5.41, 5.74) is 1.06. The molecule has 1 amide bonds. The van der Waals surface area contributed by atoms with Crippen molar-refractivity contribution in [3.63, 3.8) is 0 Å². The molecule has 0 bridgehead atoms. The van der Waals surface area contributed by atoms with Gasteiger partial charge >= 0.3 is 5.97 Å². The zero-order valence-corrected chi connectivity index (χ0v) is 16.2. The van der Waals surface area contributed by atoms with Gasteiger partial charge in [-0.3, -0.25) is 4.79 Å². The van der Waals surface area contributed by atoms with Crippen molar-refractivity contribution in [2.75, 3.05) is 13.7 Å². The van der Waals surface area contributed by atoms with E-state index in [0.717, 1.165) is 0 Å². The molecule has 0 saturated carbocycles. The summed E-state index contributed by atoms with van der Waals surface area (Å²) in [6.07, 6.45) is 1.55. The molecule has 0 aliphatic heterocycles. The van der Waals surface area contributed by atoms with Crippen molar-refractivity contribution in [2.45, 2.75) is 13.8 Å². The van der Waals surface area contributed by atoms with Crippen LogP contribution in [0.25, 0.3) is 6.08 Å². The van der Waals surface area contributed by atoms with Crippen LogP contribution in [0.2, 0.25) is 5.02 Å². The van der Waals surface area contributed by atoms with E-state index < -0.39 is 11.9 Å². The van der Waals surface area contributed by atoms with E-state index in [4.69, 9.17) is 21.1 Å². The second-order valence-corrected chi connectivity index (χ2v) is 6.69. The summed E-state index contributed by atoms with van der Waals surface area (Å²) in [4.78, 5) is 25.1. The van der Waals surface area contributed by atoms with Gasteiger partial charge in [0.1, 0.15) is 11.4 Å². The van der Waals surface area contributed by atoms with Gasteiger partial charge in [0.25, 0.3) is 5.91 Å². The molecule has 0 atom stereocenters. The fraction of sp³-hybridized carbons (Fsp3) is 0.238. The van der Waals surface area contributed by atoms with Gasteiger partial charge in [0.15, 0.2) is 0 Å². The molecular weight excluding hydrogens is 366 g/mol. The van der Waals surface area contributed by atoms with Gasteiger partial charge in [0.05, 0.1) is 19.3 Å². The standard InChI is InChI=1S/C21H22ClNO4/c1-14(2)13-27-21(25)18(12-15-8-10-16(22)11-9-15)23-20(24)17-6-4-5-7-19(17)26-3/h4-12,14H,13H2,1-3H3,(H,23,24)/b18-12-. The maximum absolute atomic E-state index is 12.7. The Balaban J connectivity index is 2.29. The summed E-state index contributed by atoms with van der Waals surface area (Å²) in [5.74, 6) is -0.483. The quantitative estimate of drug-likeness (QED) is 0.567. The first-order chi connectivity index (χ1) is 12.9. The van der Waals surface area contributed by atoms with Crippen LogP contribution in [-0.2, 0) is 9.53 Å². The number of rotatable bonds is 7. The largest absolute Gasteiger partial charge is 0.496 e. The Kier molecular flexibility index (Phi) is 7.44. The van der Waals surface area contributed by atoms with E-state index in [-0.39, 0.29) is 18.2 Å². The third-order valence-electron chi connectivity index (χ3n) is 3.55. The first-order valence-electron chi connectivity index (χ1n) is 8.49. The third-order valence-corrected chi connectivity index (χ3v) is 3.80. The average molecular weight is 388 g/mol. The van der Waals surface area contributed by atoms with Gasteiger partial charge < -0.3 is 14.8 Å². The van der Waals surface area contributed by atoms with Gasteiger partial charge in [-0.05, 0) is 41.8 Å². The van der Waals surface area contributed by atoms with Crippen molar-refractivity contribution in [2.24, 2.45) is 5.92 Å². The minimum absolute atomic E-state index is 0.0360. The Morgan fingerprint density at radius 2 is 1.78 bits per heavy atom. The van der Waals surface area contributed by atoms with Gasteiger partial charge in [-0.1, -0.05) is 49.7 Å². The Morgan fingerprint density at radius 3 is 2.41 bits per heavy atom. The number of nitrogens with one attached hydrogen (secondary N) is 1. The Labute approximate surface area is 163 Å². The highest BCUT2D eigenvalue weighted by Gasteiger charge is 2.18. The second-order valence-electron chi connectivity index (χ2n) is 6.26. The summed E-state index contributed by atoms with van der Waals surface area (Å²) in [6, 6.07) is 13.7. The lowest BCUT2D eigenvalue weighted by Crippen LogP contribution is -2.29. The van der Waals surface area contributed by atoms with Crippen molar-refractivity contribution >= 4 is 29.6 Å². The fourth-order valence-corrected chi connectivity index (χ4v) is 2.34. The Morgan fingerprint density at radius 1 is 1.11 bits per heavy atom. The molecule has 142 valence electrons. The van der Waals surface area contributed by atoms with E-state index in [9.17, 15) is 9.59 Å². The minimum Gasteiger partial charge on any atom is -0.496 e. The molecular formula is C21H22ClNO4. The normalized spacial score (nSPS) is 11.2. The van der Waals surface area contributed by atoms with Crippen molar-refractivity contribution in [3.8, 4) is 5.75 Å². The zero-order valence-electron chi connectivity index (χ0n) is 15.5. The van der Waals surface area contributed by atoms with Crippen molar-refractivity contribution in [3.05, 3.63) is 70.4 Å². The van der Waals surface area contributed by atoms with E-state index in [0.29, 0.717) is 21.9 Å². The number of ether oxygens (including phenoxy) is 2. The van der Waals surface area contributed by atoms with Gasteiger partial charge in [-0.2, -0.15) is 0 Å². The monoisotopic (exact) mass is 387 g/mol. The highest BCUT2D eigenvalue weighted by atomic mass is 35.5. The van der Waals surface area contributed by atoms with Gasteiger partial charge in [-0.25, -0.2) is 4.79 Å². The van der Waals surface area contributed by atoms with Crippen molar-refractivity contribution in [1.82, 2.24) is 5.32 Å². The molecule has 0 heterocycles. The highest BCUT2D eigenvalue weighted by Crippen LogP contribution is 2.18. The molecule has 27 heavy (non-hydrogen) atoms. The molecule has 0 radical (unpaired) electrons. The number of carbonyl (C=O) groups excluding carboxylic acids is 2. The maximum Gasteiger partial charge on any atom is 0.354 e. The topological polar surface area (TPSA) is 64.6 Å². The molecule has 2 aromatic carbocycles. The smallest absolute Gasteiger partial charge is 0.354 e. The van der Waals surface area contributed by atoms with Gasteiger partial charge in [-0.15, -0.1) is 0 Å². The summed E-state index contributed by atoms with van der Waals surface area (Å²) >= 11 is 5.90. The van der Waals surface area contributed by atoms with Crippen LogP contribution >= 0.6 is 11.6 Å². The molecule has 0 aromatic heterocycles. The number of hydrogen-bond donors (Lipinski definition) is 1. The molecule has 0 saturated heterocycles. The predicted molar refractivity (Wildman–Crippen MR) is 106 cm³/mol. The number of hydrogen-bond acceptors (Lipinski definition) is 4. The number of benzene rings is 2. The molecule has 6 heteroatoms. The minimum atomic E-state index is -0.609. The molecule has 2 rings (SSSR count). The third kappa shape index (κ3) is 6.15. The van der Waals surface area contributed by atoms with Crippen LogP contribution < -0.4 is 10.1 Å². The molecule has 0 spiro atoms. The van der Waals surface area contributed by atoms with Crippen LogP contribution in [0.5, 0.6) is 5.75 Å². The fourth-order valence-electron chi connectivity index (χ4n) is 2.21. The number of amides is 1. The van der Waals surface area contributed by atoms with Crippen LogP contribution in [0.4, 0.5) is 0 Å². The highest BCUT2D eigenvalue weighted by molar-refractivity contribution is 6.30. The van der Waals surface area contributed by atoms with E-state index in [1.807, 2.05) is 13.8 Å². The molecule has 0 aliphatic carbocycles. The van der Waals surface area contributed by atoms with Crippen LogP contribution in [0.15, 0.2) is 54.2 Å². The molecule has 0 unspecified atom stereocenters. The lowest BCUT2D eigenvalue weighted by molar-refractivity contribution is -0.140. The van der Waals surface area contributed by atoms with Crippen molar-refractivity contribution < 1.29 is 19.1 Å². The van der Waals surface area contributed by atoms with Gasteiger partial charge in [0, 0.05) is 5.02 Å². The first-order valence-corrected chi connectivity index (χ1v) is 8.87. The second kappa shape index (κ2) is 9.78. The summed E-state index contributed by atoms with van der Waals surface area (Å²) in [5, 5.41) is 3.21. The number of halogens is 1. The first kappa shape index (κ1) is 20.5. The molecule has 2 aromatic rings. The Hall–Kier alpha value is -2.79.